The Kier molecular flexibility index (Phi) is 5.45. The second-order valence-electron chi connectivity index (χ2n) is 7.89. The maximum atomic E-state index is 13.4. The van der Waals surface area contributed by atoms with Crippen molar-refractivity contribution in [3.05, 3.63) is 89.5 Å². The summed E-state index contributed by atoms with van der Waals surface area (Å²) in [5.41, 5.74) is 1.04. The van der Waals surface area contributed by atoms with Crippen LogP contribution in [0.5, 0.6) is 11.5 Å². The van der Waals surface area contributed by atoms with E-state index in [0.29, 0.717) is 17.1 Å². The molecule has 0 saturated carbocycles. The zero-order chi connectivity index (χ0) is 23.8. The van der Waals surface area contributed by atoms with Gasteiger partial charge in [-0.2, -0.15) is 0 Å². The average molecular weight is 464 g/mol. The number of nitrogens with zero attached hydrogens (tertiary/aromatic N) is 2. The Morgan fingerprint density at radius 3 is 2.26 bits per heavy atom. The molecular weight excluding hydrogens is 446 g/mol. The third-order valence-corrected chi connectivity index (χ3v) is 5.73. The molecule has 3 aromatic rings. The molecule has 2 aliphatic heterocycles. The molecule has 1 fully saturated rings. The van der Waals surface area contributed by atoms with Gasteiger partial charge in [0.25, 0.3) is 11.8 Å². The fourth-order valence-electron chi connectivity index (χ4n) is 4.04. The summed E-state index contributed by atoms with van der Waals surface area (Å²) in [5, 5.41) is 0. The number of hydrogen-bond acceptors (Lipinski definition) is 5. The minimum absolute atomic E-state index is 0.00616. The smallest absolute Gasteiger partial charge is 0.257 e. The van der Waals surface area contributed by atoms with Crippen LogP contribution in [0.1, 0.15) is 22.3 Å². The van der Waals surface area contributed by atoms with Crippen molar-refractivity contribution in [2.45, 2.75) is 19.0 Å². The lowest BCUT2D eigenvalue weighted by atomic mass is 10.1. The molecule has 0 aliphatic carbocycles. The number of fused-ring (bicyclic) bond motifs is 1. The highest BCUT2D eigenvalue weighted by atomic mass is 19.1. The van der Waals surface area contributed by atoms with Crippen LogP contribution in [0.25, 0.3) is 0 Å². The fraction of sp³-hybridized carbons (Fsp3) is 0.160. The van der Waals surface area contributed by atoms with Gasteiger partial charge in [-0.25, -0.2) is 13.7 Å². The first-order valence-corrected chi connectivity index (χ1v) is 10.5. The molecule has 0 spiro atoms. The molecule has 3 aromatic carbocycles. The van der Waals surface area contributed by atoms with Gasteiger partial charge in [0.05, 0.1) is 12.1 Å². The first-order valence-electron chi connectivity index (χ1n) is 10.5. The number of rotatable bonds is 5. The van der Waals surface area contributed by atoms with E-state index in [0.717, 1.165) is 29.2 Å². The van der Waals surface area contributed by atoms with Gasteiger partial charge in [0.1, 0.15) is 17.7 Å². The highest BCUT2D eigenvalue weighted by Crippen LogP contribution is 2.34. The standard InChI is InChI=1S/C25H18F2N2O5/c26-17-4-2-16(3-5-17)24(31)28(13-15-1-10-21-22(11-15)34-14-33-21)20-12-23(30)29(25(20)32)19-8-6-18(27)7-9-19/h1-11,20H,12-14H2. The summed E-state index contributed by atoms with van der Waals surface area (Å²) < 4.78 is 37.5. The van der Waals surface area contributed by atoms with Gasteiger partial charge in [0.2, 0.25) is 12.7 Å². The van der Waals surface area contributed by atoms with Gasteiger partial charge in [-0.15, -0.1) is 0 Å². The first kappa shape index (κ1) is 21.6. The van der Waals surface area contributed by atoms with E-state index in [1.807, 2.05) is 0 Å². The molecule has 7 nitrogen and oxygen atoms in total. The molecule has 1 saturated heterocycles. The number of halogens is 2. The molecule has 172 valence electrons. The molecule has 1 unspecified atom stereocenters. The van der Waals surface area contributed by atoms with E-state index in [9.17, 15) is 23.2 Å². The molecule has 3 amide bonds. The molecular formula is C25H18F2N2O5. The monoisotopic (exact) mass is 464 g/mol. The number of ether oxygens (including phenoxy) is 2. The fourth-order valence-corrected chi connectivity index (χ4v) is 4.04. The second-order valence-corrected chi connectivity index (χ2v) is 7.89. The summed E-state index contributed by atoms with van der Waals surface area (Å²) in [6.07, 6.45) is -0.242. The Bertz CT molecular complexity index is 1280. The van der Waals surface area contributed by atoms with Crippen molar-refractivity contribution < 1.29 is 32.6 Å². The number of benzene rings is 3. The number of carbonyl (C=O) groups excluding carboxylic acids is 3. The largest absolute Gasteiger partial charge is 0.454 e. The summed E-state index contributed by atoms with van der Waals surface area (Å²) >= 11 is 0. The molecule has 0 radical (unpaired) electrons. The lowest BCUT2D eigenvalue weighted by Gasteiger charge is -2.28. The molecule has 9 heteroatoms. The van der Waals surface area contributed by atoms with Crippen molar-refractivity contribution in [1.29, 1.82) is 0 Å². The predicted octanol–water partition coefficient (Wildman–Crippen LogP) is 3.67. The minimum Gasteiger partial charge on any atom is -0.454 e. The van der Waals surface area contributed by atoms with E-state index in [4.69, 9.17) is 9.47 Å². The van der Waals surface area contributed by atoms with Crippen molar-refractivity contribution in [3.63, 3.8) is 0 Å². The van der Waals surface area contributed by atoms with Crippen LogP contribution in [0, 0.1) is 11.6 Å². The lowest BCUT2D eigenvalue weighted by Crippen LogP contribution is -2.45. The van der Waals surface area contributed by atoms with E-state index < -0.39 is 35.4 Å². The van der Waals surface area contributed by atoms with Crippen molar-refractivity contribution in [1.82, 2.24) is 4.90 Å². The van der Waals surface area contributed by atoms with Gasteiger partial charge in [0, 0.05) is 12.1 Å². The third kappa shape index (κ3) is 3.96. The van der Waals surface area contributed by atoms with Crippen molar-refractivity contribution in [2.75, 3.05) is 11.7 Å². The van der Waals surface area contributed by atoms with E-state index in [1.54, 1.807) is 18.2 Å². The molecule has 34 heavy (non-hydrogen) atoms. The highest BCUT2D eigenvalue weighted by Gasteiger charge is 2.44. The van der Waals surface area contributed by atoms with Crippen LogP contribution in [0.3, 0.4) is 0 Å². The van der Waals surface area contributed by atoms with E-state index in [2.05, 4.69) is 0 Å². The normalized spacial score (nSPS) is 16.8. The average Bonchev–Trinajstić information content (AvgIpc) is 3.41. The Morgan fingerprint density at radius 2 is 1.56 bits per heavy atom. The second kappa shape index (κ2) is 8.58. The third-order valence-electron chi connectivity index (χ3n) is 5.73. The summed E-state index contributed by atoms with van der Waals surface area (Å²) in [4.78, 5) is 41.8. The SMILES string of the molecule is O=C1CC(N(Cc2ccc3c(c2)OCO3)C(=O)c2ccc(F)cc2)C(=O)N1c1ccc(F)cc1. The molecule has 0 aromatic heterocycles. The number of anilines is 1. The van der Waals surface area contributed by atoms with Crippen LogP contribution in [0.4, 0.5) is 14.5 Å². The first-order chi connectivity index (χ1) is 16.4. The van der Waals surface area contributed by atoms with Crippen molar-refractivity contribution >= 4 is 23.4 Å². The van der Waals surface area contributed by atoms with Gasteiger partial charge in [-0.3, -0.25) is 14.4 Å². The number of carbonyl (C=O) groups is 3. The molecule has 2 aliphatic rings. The maximum absolute atomic E-state index is 13.4. The van der Waals surface area contributed by atoms with E-state index in [-0.39, 0.29) is 31.0 Å². The summed E-state index contributed by atoms with van der Waals surface area (Å²) in [6.45, 7) is 0.0764. The van der Waals surface area contributed by atoms with Crippen LogP contribution >= 0.6 is 0 Å². The number of amides is 3. The molecule has 0 bridgehead atoms. The topological polar surface area (TPSA) is 76.1 Å². The Balaban J connectivity index is 1.49. The molecule has 1 atom stereocenters. The van der Waals surface area contributed by atoms with Gasteiger partial charge >= 0.3 is 0 Å². The Hall–Kier alpha value is -4.27. The van der Waals surface area contributed by atoms with Crippen molar-refractivity contribution in [2.24, 2.45) is 0 Å². The van der Waals surface area contributed by atoms with Crippen LogP contribution in [-0.4, -0.2) is 35.5 Å². The lowest BCUT2D eigenvalue weighted by molar-refractivity contribution is -0.122. The number of imide groups is 1. The predicted molar refractivity (Wildman–Crippen MR) is 116 cm³/mol. The quantitative estimate of drug-likeness (QED) is 0.539. The van der Waals surface area contributed by atoms with Gasteiger partial charge in [0.15, 0.2) is 11.5 Å². The van der Waals surface area contributed by atoms with Crippen molar-refractivity contribution in [3.8, 4) is 11.5 Å². The van der Waals surface area contributed by atoms with Gasteiger partial charge in [-0.05, 0) is 66.2 Å². The Morgan fingerprint density at radius 1 is 0.912 bits per heavy atom. The van der Waals surface area contributed by atoms with Crippen LogP contribution in [0.2, 0.25) is 0 Å². The zero-order valence-corrected chi connectivity index (χ0v) is 17.7. The van der Waals surface area contributed by atoms with E-state index >= 15 is 0 Å². The summed E-state index contributed by atoms with van der Waals surface area (Å²) in [7, 11) is 0. The highest BCUT2D eigenvalue weighted by molar-refractivity contribution is 6.23. The van der Waals surface area contributed by atoms with Crippen LogP contribution in [-0.2, 0) is 16.1 Å². The molecule has 0 N–H and O–H groups in total. The molecule has 2 heterocycles. The summed E-state index contributed by atoms with van der Waals surface area (Å²) in [6, 6.07) is 13.9. The zero-order valence-electron chi connectivity index (χ0n) is 17.7. The van der Waals surface area contributed by atoms with E-state index in [1.165, 1.54) is 29.2 Å². The van der Waals surface area contributed by atoms with Crippen LogP contribution in [0.15, 0.2) is 66.7 Å². The minimum atomic E-state index is -1.10. The molecule has 5 rings (SSSR count). The summed E-state index contributed by atoms with van der Waals surface area (Å²) in [5.74, 6) is -1.59. The maximum Gasteiger partial charge on any atom is 0.257 e. The number of hydrogen-bond donors (Lipinski definition) is 0. The van der Waals surface area contributed by atoms with Crippen LogP contribution < -0.4 is 14.4 Å². The Labute approximate surface area is 193 Å². The van der Waals surface area contributed by atoms with Gasteiger partial charge in [-0.1, -0.05) is 6.07 Å². The van der Waals surface area contributed by atoms with Gasteiger partial charge < -0.3 is 14.4 Å².